The van der Waals surface area contributed by atoms with Gasteiger partial charge in [-0.1, -0.05) is 30.3 Å². The van der Waals surface area contributed by atoms with Crippen molar-refractivity contribution >= 4 is 17.2 Å². The van der Waals surface area contributed by atoms with Gasteiger partial charge in [-0.25, -0.2) is 4.52 Å². The van der Waals surface area contributed by atoms with Crippen molar-refractivity contribution in [2.75, 3.05) is 19.5 Å². The topological polar surface area (TPSA) is 90.6 Å². The molecule has 4 rings (SSSR count). The zero-order valence-corrected chi connectivity index (χ0v) is 16.2. The lowest BCUT2D eigenvalue weighted by molar-refractivity contribution is 0.101. The molecule has 2 heterocycles. The molecule has 8 heteroatoms. The molecule has 0 aliphatic rings. The molecule has 146 valence electrons. The van der Waals surface area contributed by atoms with Gasteiger partial charge in [0.05, 0.1) is 37.4 Å². The molecule has 29 heavy (non-hydrogen) atoms. The van der Waals surface area contributed by atoms with Gasteiger partial charge >= 0.3 is 0 Å². The lowest BCUT2D eigenvalue weighted by Crippen LogP contribution is -2.19. The van der Waals surface area contributed by atoms with Crippen LogP contribution >= 0.6 is 0 Å². The van der Waals surface area contributed by atoms with Gasteiger partial charge in [0.1, 0.15) is 11.5 Å². The number of carbonyl (C=O) groups excluding carboxylic acids is 1. The van der Waals surface area contributed by atoms with Gasteiger partial charge in [0.25, 0.3) is 5.91 Å². The van der Waals surface area contributed by atoms with E-state index < -0.39 is 5.91 Å². The molecule has 1 N–H and O–H groups in total. The number of methoxy groups -OCH3 is 2. The highest BCUT2D eigenvalue weighted by atomic mass is 16.5. The molecular formula is C21H19N5O3. The maximum atomic E-state index is 12.8. The number of nitrogens with one attached hydrogen (secondary N) is 1. The van der Waals surface area contributed by atoms with E-state index in [-0.39, 0.29) is 5.69 Å². The molecule has 0 fully saturated rings. The Morgan fingerprint density at radius 2 is 1.62 bits per heavy atom. The summed E-state index contributed by atoms with van der Waals surface area (Å²) in [6, 6.07) is 14.8. The van der Waals surface area contributed by atoms with Gasteiger partial charge in [0.15, 0.2) is 11.3 Å². The van der Waals surface area contributed by atoms with Gasteiger partial charge in [0, 0.05) is 5.56 Å². The standard InChI is InChI=1S/C21H19N5O3/c1-13-19(21(27)23-16-9-5-7-11-18(16)29-3)24-25-20-15(12-22-26(13)20)14-8-4-6-10-17(14)28-2/h4-12H,1-3H3,(H,23,27). The van der Waals surface area contributed by atoms with Gasteiger partial charge in [-0.05, 0) is 25.1 Å². The zero-order valence-electron chi connectivity index (χ0n) is 16.2. The zero-order chi connectivity index (χ0) is 20.4. The Morgan fingerprint density at radius 1 is 0.931 bits per heavy atom. The smallest absolute Gasteiger partial charge is 0.278 e. The SMILES string of the molecule is COc1ccccc1NC(=O)c1nnc2c(-c3ccccc3OC)cnn2c1C. The Labute approximate surface area is 167 Å². The van der Waals surface area contributed by atoms with E-state index in [4.69, 9.17) is 9.47 Å². The minimum atomic E-state index is -0.393. The molecular weight excluding hydrogens is 370 g/mol. The Balaban J connectivity index is 1.73. The highest BCUT2D eigenvalue weighted by molar-refractivity contribution is 6.04. The van der Waals surface area contributed by atoms with Crippen LogP contribution in [0.1, 0.15) is 16.2 Å². The second kappa shape index (κ2) is 7.59. The molecule has 0 saturated heterocycles. The third-order valence-corrected chi connectivity index (χ3v) is 4.62. The number of carbonyl (C=O) groups is 1. The summed E-state index contributed by atoms with van der Waals surface area (Å²) in [6.45, 7) is 1.78. The Morgan fingerprint density at radius 3 is 2.38 bits per heavy atom. The predicted molar refractivity (Wildman–Crippen MR) is 108 cm³/mol. The van der Waals surface area contributed by atoms with Crippen molar-refractivity contribution in [2.45, 2.75) is 6.92 Å². The molecule has 0 atom stereocenters. The first-order chi connectivity index (χ1) is 14.1. The van der Waals surface area contributed by atoms with E-state index in [9.17, 15) is 4.79 Å². The number of rotatable bonds is 5. The second-order valence-electron chi connectivity index (χ2n) is 6.28. The van der Waals surface area contributed by atoms with Crippen LogP contribution in [0, 0.1) is 6.92 Å². The molecule has 0 saturated carbocycles. The van der Waals surface area contributed by atoms with Gasteiger partial charge in [-0.3, -0.25) is 4.79 Å². The van der Waals surface area contributed by atoms with Gasteiger partial charge in [0.2, 0.25) is 0 Å². The molecule has 0 radical (unpaired) electrons. The quantitative estimate of drug-likeness (QED) is 0.563. The summed E-state index contributed by atoms with van der Waals surface area (Å²) in [6.07, 6.45) is 1.69. The van der Waals surface area contributed by atoms with E-state index in [0.29, 0.717) is 28.5 Å². The number of hydrogen-bond acceptors (Lipinski definition) is 6. The molecule has 8 nitrogen and oxygen atoms in total. The Bertz CT molecular complexity index is 1200. The highest BCUT2D eigenvalue weighted by Crippen LogP contribution is 2.32. The number of anilines is 1. The number of benzene rings is 2. The molecule has 1 amide bonds. The van der Waals surface area contributed by atoms with E-state index in [0.717, 1.165) is 11.1 Å². The normalized spacial score (nSPS) is 10.7. The van der Waals surface area contributed by atoms with E-state index in [1.807, 2.05) is 36.4 Å². The lowest BCUT2D eigenvalue weighted by atomic mass is 10.1. The van der Waals surface area contributed by atoms with E-state index in [1.165, 1.54) is 0 Å². The van der Waals surface area contributed by atoms with Crippen LogP contribution in [-0.2, 0) is 0 Å². The largest absolute Gasteiger partial charge is 0.496 e. The number of hydrogen-bond donors (Lipinski definition) is 1. The lowest BCUT2D eigenvalue weighted by Gasteiger charge is -2.11. The Kier molecular flexibility index (Phi) is 4.82. The molecule has 2 aromatic heterocycles. The van der Waals surface area contributed by atoms with Gasteiger partial charge in [-0.2, -0.15) is 5.10 Å². The van der Waals surface area contributed by atoms with Crippen molar-refractivity contribution in [2.24, 2.45) is 0 Å². The molecule has 0 aliphatic carbocycles. The van der Waals surface area contributed by atoms with Crippen molar-refractivity contribution < 1.29 is 14.3 Å². The molecule has 4 aromatic rings. The average Bonchev–Trinajstić information content (AvgIpc) is 3.19. The number of aromatic nitrogens is 4. The first kappa shape index (κ1) is 18.4. The van der Waals surface area contributed by atoms with E-state index >= 15 is 0 Å². The Hall–Kier alpha value is -3.94. The van der Waals surface area contributed by atoms with Crippen LogP contribution in [-0.4, -0.2) is 39.9 Å². The first-order valence-corrected chi connectivity index (χ1v) is 8.92. The maximum absolute atomic E-state index is 12.8. The fourth-order valence-electron chi connectivity index (χ4n) is 3.15. The molecule has 0 unspecified atom stereocenters. The predicted octanol–water partition coefficient (Wildman–Crippen LogP) is 3.37. The van der Waals surface area contributed by atoms with Crippen LogP contribution in [0.15, 0.2) is 54.7 Å². The highest BCUT2D eigenvalue weighted by Gasteiger charge is 2.20. The van der Waals surface area contributed by atoms with Crippen LogP contribution in [0.2, 0.25) is 0 Å². The number of amides is 1. The number of ether oxygens (including phenoxy) is 2. The summed E-state index contributed by atoms with van der Waals surface area (Å²) in [5.41, 5.74) is 3.47. The van der Waals surface area contributed by atoms with Crippen molar-refractivity contribution in [3.63, 3.8) is 0 Å². The van der Waals surface area contributed by atoms with Gasteiger partial charge in [-0.15, -0.1) is 10.2 Å². The van der Waals surface area contributed by atoms with Crippen LogP contribution in [0.25, 0.3) is 16.8 Å². The number of nitrogens with zero attached hydrogens (tertiary/aromatic N) is 4. The van der Waals surface area contributed by atoms with Crippen LogP contribution in [0.5, 0.6) is 11.5 Å². The fourth-order valence-corrected chi connectivity index (χ4v) is 3.15. The number of para-hydroxylation sites is 3. The summed E-state index contributed by atoms with van der Waals surface area (Å²) in [7, 11) is 3.16. The molecule has 0 aliphatic heterocycles. The average molecular weight is 389 g/mol. The molecule has 0 bridgehead atoms. The minimum Gasteiger partial charge on any atom is -0.496 e. The van der Waals surface area contributed by atoms with Crippen molar-refractivity contribution in [3.05, 3.63) is 66.1 Å². The van der Waals surface area contributed by atoms with Crippen molar-refractivity contribution in [1.82, 2.24) is 19.8 Å². The number of fused-ring (bicyclic) bond motifs is 1. The molecule has 0 spiro atoms. The third-order valence-electron chi connectivity index (χ3n) is 4.62. The summed E-state index contributed by atoms with van der Waals surface area (Å²) in [5, 5.41) is 15.6. The van der Waals surface area contributed by atoms with Crippen LogP contribution in [0.3, 0.4) is 0 Å². The summed E-state index contributed by atoms with van der Waals surface area (Å²) >= 11 is 0. The van der Waals surface area contributed by atoms with Crippen molar-refractivity contribution in [1.29, 1.82) is 0 Å². The minimum absolute atomic E-state index is 0.179. The maximum Gasteiger partial charge on any atom is 0.278 e. The second-order valence-corrected chi connectivity index (χ2v) is 6.28. The monoisotopic (exact) mass is 389 g/mol. The summed E-state index contributed by atoms with van der Waals surface area (Å²) < 4.78 is 12.3. The summed E-state index contributed by atoms with van der Waals surface area (Å²) in [5.74, 6) is 0.876. The molecule has 2 aromatic carbocycles. The third kappa shape index (κ3) is 3.25. The van der Waals surface area contributed by atoms with Crippen LogP contribution < -0.4 is 14.8 Å². The van der Waals surface area contributed by atoms with E-state index in [2.05, 4.69) is 20.6 Å². The van der Waals surface area contributed by atoms with Crippen LogP contribution in [0.4, 0.5) is 5.69 Å². The fraction of sp³-hybridized carbons (Fsp3) is 0.143. The first-order valence-electron chi connectivity index (χ1n) is 8.92. The van der Waals surface area contributed by atoms with Gasteiger partial charge < -0.3 is 14.8 Å². The summed E-state index contributed by atoms with van der Waals surface area (Å²) in [4.78, 5) is 12.8. The van der Waals surface area contributed by atoms with E-state index in [1.54, 1.807) is 44.0 Å². The number of aryl methyl sites for hydroxylation is 1. The van der Waals surface area contributed by atoms with Crippen molar-refractivity contribution in [3.8, 4) is 22.6 Å².